The van der Waals surface area contributed by atoms with Gasteiger partial charge in [0.15, 0.2) is 21.3 Å². The number of benzene rings is 2. The zero-order valence-corrected chi connectivity index (χ0v) is 15.9. The molecule has 0 spiro atoms. The highest BCUT2D eigenvalue weighted by Gasteiger charge is 2.37. The van der Waals surface area contributed by atoms with Crippen LogP contribution in [0.4, 0.5) is 4.39 Å². The Hall–Kier alpha value is -2.61. The van der Waals surface area contributed by atoms with Crippen LogP contribution in [-0.4, -0.2) is 50.8 Å². The monoisotopic (exact) mass is 405 g/mol. The third kappa shape index (κ3) is 3.56. The van der Waals surface area contributed by atoms with E-state index < -0.39 is 27.0 Å². The summed E-state index contributed by atoms with van der Waals surface area (Å²) in [7, 11) is -3.59. The minimum absolute atomic E-state index is 0.0492. The number of hydrogen-bond donors (Lipinski definition) is 0. The molecule has 148 valence electrons. The van der Waals surface area contributed by atoms with Crippen molar-refractivity contribution in [1.82, 2.24) is 4.90 Å². The van der Waals surface area contributed by atoms with Crippen molar-refractivity contribution in [3.05, 3.63) is 59.9 Å². The van der Waals surface area contributed by atoms with Gasteiger partial charge in [-0.25, -0.2) is 12.8 Å². The minimum Gasteiger partial charge on any atom is -0.485 e. The Morgan fingerprint density at radius 2 is 1.75 bits per heavy atom. The first kappa shape index (κ1) is 18.7. The maximum Gasteiger partial charge on any atom is 0.267 e. The highest BCUT2D eigenvalue weighted by Crippen LogP contribution is 2.33. The molecule has 0 radical (unpaired) electrons. The van der Waals surface area contributed by atoms with Gasteiger partial charge in [0.2, 0.25) is 6.10 Å². The summed E-state index contributed by atoms with van der Waals surface area (Å²) >= 11 is 0. The zero-order valence-electron chi connectivity index (χ0n) is 15.1. The van der Waals surface area contributed by atoms with Gasteiger partial charge in [0.25, 0.3) is 5.91 Å². The SMILES string of the molecule is O=C(C1COc2ccccc2O1)N1CCC(c2ccccc2F)S(=O)(=O)CC1. The fourth-order valence-electron chi connectivity index (χ4n) is 3.59. The summed E-state index contributed by atoms with van der Waals surface area (Å²) in [6.07, 6.45) is -0.693. The Morgan fingerprint density at radius 3 is 2.54 bits per heavy atom. The highest BCUT2D eigenvalue weighted by molar-refractivity contribution is 7.91. The fourth-order valence-corrected chi connectivity index (χ4v) is 5.40. The first-order valence-corrected chi connectivity index (χ1v) is 10.8. The summed E-state index contributed by atoms with van der Waals surface area (Å²) in [5.74, 6) is -0.0270. The van der Waals surface area contributed by atoms with Crippen LogP contribution in [0.25, 0.3) is 0 Å². The molecule has 0 saturated carbocycles. The number of para-hydroxylation sites is 2. The van der Waals surface area contributed by atoms with Gasteiger partial charge >= 0.3 is 0 Å². The van der Waals surface area contributed by atoms with E-state index in [1.165, 1.54) is 23.1 Å². The van der Waals surface area contributed by atoms with Gasteiger partial charge in [-0.1, -0.05) is 30.3 Å². The smallest absolute Gasteiger partial charge is 0.267 e. The summed E-state index contributed by atoms with van der Waals surface area (Å²) in [6.45, 7) is 0.321. The molecular weight excluding hydrogens is 385 g/mol. The van der Waals surface area contributed by atoms with E-state index in [0.717, 1.165) is 0 Å². The van der Waals surface area contributed by atoms with Crippen molar-refractivity contribution >= 4 is 15.7 Å². The Kier molecular flexibility index (Phi) is 4.97. The number of ether oxygens (including phenoxy) is 2. The molecule has 1 fully saturated rings. The molecule has 0 aliphatic carbocycles. The van der Waals surface area contributed by atoms with E-state index in [2.05, 4.69) is 0 Å². The normalized spacial score (nSPS) is 23.7. The Labute approximate surface area is 162 Å². The number of fused-ring (bicyclic) bond motifs is 1. The predicted octanol–water partition coefficient (Wildman–Crippen LogP) is 2.35. The second-order valence-electron chi connectivity index (χ2n) is 6.86. The number of carbonyl (C=O) groups excluding carboxylic acids is 1. The number of nitrogens with zero attached hydrogens (tertiary/aromatic N) is 1. The molecule has 6 nitrogen and oxygen atoms in total. The van der Waals surface area contributed by atoms with E-state index in [1.54, 1.807) is 24.3 Å². The van der Waals surface area contributed by atoms with Crippen molar-refractivity contribution < 1.29 is 27.1 Å². The van der Waals surface area contributed by atoms with Crippen molar-refractivity contribution in [3.63, 3.8) is 0 Å². The second kappa shape index (κ2) is 7.43. The molecule has 0 bridgehead atoms. The second-order valence-corrected chi connectivity index (χ2v) is 9.16. The molecule has 2 atom stereocenters. The third-order valence-corrected chi connectivity index (χ3v) is 7.20. The molecule has 2 aliphatic heterocycles. The van der Waals surface area contributed by atoms with Crippen molar-refractivity contribution in [3.8, 4) is 11.5 Å². The molecule has 28 heavy (non-hydrogen) atoms. The van der Waals surface area contributed by atoms with Gasteiger partial charge in [-0.05, 0) is 24.6 Å². The van der Waals surface area contributed by atoms with E-state index in [-0.39, 0.29) is 43.3 Å². The van der Waals surface area contributed by atoms with Gasteiger partial charge in [0.05, 0.1) is 11.0 Å². The van der Waals surface area contributed by atoms with E-state index in [1.807, 2.05) is 6.07 Å². The molecular formula is C20H20FNO5S. The number of halogens is 1. The van der Waals surface area contributed by atoms with E-state index in [0.29, 0.717) is 11.5 Å². The molecule has 4 rings (SSSR count). The number of sulfone groups is 1. The number of hydrogen-bond acceptors (Lipinski definition) is 5. The number of amides is 1. The lowest BCUT2D eigenvalue weighted by atomic mass is 10.1. The first-order chi connectivity index (χ1) is 13.5. The topological polar surface area (TPSA) is 72.9 Å². The van der Waals surface area contributed by atoms with Gasteiger partial charge in [-0.3, -0.25) is 4.79 Å². The van der Waals surface area contributed by atoms with Crippen LogP contribution in [0.15, 0.2) is 48.5 Å². The maximum absolute atomic E-state index is 14.2. The third-order valence-electron chi connectivity index (χ3n) is 5.09. The van der Waals surface area contributed by atoms with E-state index >= 15 is 0 Å². The molecule has 2 aromatic rings. The van der Waals surface area contributed by atoms with Crippen LogP contribution in [0, 0.1) is 5.82 Å². The summed E-state index contributed by atoms with van der Waals surface area (Å²) in [5, 5.41) is -0.962. The van der Waals surface area contributed by atoms with Crippen LogP contribution >= 0.6 is 0 Å². The van der Waals surface area contributed by atoms with E-state index in [9.17, 15) is 17.6 Å². The van der Waals surface area contributed by atoms with Gasteiger partial charge in [-0.2, -0.15) is 0 Å². The molecule has 0 N–H and O–H groups in total. The Bertz CT molecular complexity index is 994. The lowest BCUT2D eigenvalue weighted by molar-refractivity contribution is -0.140. The van der Waals surface area contributed by atoms with Gasteiger partial charge < -0.3 is 14.4 Å². The van der Waals surface area contributed by atoms with Crippen molar-refractivity contribution in [1.29, 1.82) is 0 Å². The molecule has 2 heterocycles. The largest absolute Gasteiger partial charge is 0.485 e. The summed E-state index contributed by atoms with van der Waals surface area (Å²) in [6, 6.07) is 13.0. The summed E-state index contributed by atoms with van der Waals surface area (Å²) in [4.78, 5) is 14.4. The van der Waals surface area contributed by atoms with Crippen LogP contribution < -0.4 is 9.47 Å². The van der Waals surface area contributed by atoms with Crippen LogP contribution in [0.5, 0.6) is 11.5 Å². The molecule has 0 aromatic heterocycles. The first-order valence-electron chi connectivity index (χ1n) is 9.09. The molecule has 1 amide bonds. The van der Waals surface area contributed by atoms with Crippen molar-refractivity contribution in [2.45, 2.75) is 17.8 Å². The fraction of sp³-hybridized carbons (Fsp3) is 0.350. The average Bonchev–Trinajstić information content (AvgIpc) is 2.85. The quantitative estimate of drug-likeness (QED) is 0.767. The van der Waals surface area contributed by atoms with Crippen LogP contribution in [-0.2, 0) is 14.6 Å². The standard InChI is InChI=1S/C20H20FNO5S/c21-15-6-2-1-5-14(15)19-9-10-22(11-12-28(19,24)25)20(23)18-13-26-16-7-3-4-8-17(16)27-18/h1-8,18-19H,9-13H2. The number of rotatable bonds is 2. The van der Waals surface area contributed by atoms with Crippen LogP contribution in [0.1, 0.15) is 17.2 Å². The number of carbonyl (C=O) groups is 1. The van der Waals surface area contributed by atoms with Crippen LogP contribution in [0.2, 0.25) is 0 Å². The summed E-state index contributed by atoms with van der Waals surface area (Å²) < 4.78 is 50.9. The lowest BCUT2D eigenvalue weighted by Crippen LogP contribution is -2.47. The van der Waals surface area contributed by atoms with Gasteiger partial charge in [0, 0.05) is 18.7 Å². The Balaban J connectivity index is 1.51. The van der Waals surface area contributed by atoms with Gasteiger partial charge in [-0.15, -0.1) is 0 Å². The van der Waals surface area contributed by atoms with Gasteiger partial charge in [0.1, 0.15) is 12.4 Å². The minimum atomic E-state index is -3.59. The van der Waals surface area contributed by atoms with Crippen molar-refractivity contribution in [2.75, 3.05) is 25.4 Å². The summed E-state index contributed by atoms with van der Waals surface area (Å²) in [5.41, 5.74) is 0.156. The maximum atomic E-state index is 14.2. The predicted molar refractivity (Wildman–Crippen MR) is 100 cm³/mol. The molecule has 1 saturated heterocycles. The molecule has 2 aromatic carbocycles. The zero-order chi connectivity index (χ0) is 19.7. The average molecular weight is 405 g/mol. The van der Waals surface area contributed by atoms with E-state index in [4.69, 9.17) is 9.47 Å². The molecule has 8 heteroatoms. The van der Waals surface area contributed by atoms with Crippen LogP contribution in [0.3, 0.4) is 0 Å². The van der Waals surface area contributed by atoms with Crippen molar-refractivity contribution in [2.24, 2.45) is 0 Å². The highest BCUT2D eigenvalue weighted by atomic mass is 32.2. The Morgan fingerprint density at radius 1 is 1.04 bits per heavy atom. The molecule has 2 unspecified atom stereocenters. The lowest BCUT2D eigenvalue weighted by Gasteiger charge is -2.30. The molecule has 2 aliphatic rings.